The molecule has 0 radical (unpaired) electrons. The molecule has 0 aromatic heterocycles. The first-order valence-electron chi connectivity index (χ1n) is 6.41. The van der Waals surface area contributed by atoms with Gasteiger partial charge >= 0.3 is 17.9 Å². The molecule has 1 fully saturated rings. The van der Waals surface area contributed by atoms with E-state index in [9.17, 15) is 19.2 Å². The number of aromatic carboxylic acids is 1. The van der Waals surface area contributed by atoms with Gasteiger partial charge in [-0.05, 0) is 30.7 Å². The number of aliphatic carboxylic acids is 2. The van der Waals surface area contributed by atoms with Gasteiger partial charge in [-0.1, -0.05) is 0 Å². The number of carboxylic acid groups (broad SMARTS) is 3. The quantitative estimate of drug-likeness (QED) is 0.732. The highest BCUT2D eigenvalue weighted by Crippen LogP contribution is 2.25. The van der Waals surface area contributed by atoms with Gasteiger partial charge in [-0.25, -0.2) is 9.59 Å². The molecule has 0 saturated carbocycles. The van der Waals surface area contributed by atoms with Crippen molar-refractivity contribution in [1.29, 1.82) is 0 Å². The number of carboxylic acids is 3. The topological polar surface area (TPSA) is 132 Å². The molecule has 2 rings (SSSR count). The van der Waals surface area contributed by atoms with Crippen LogP contribution in [0.5, 0.6) is 0 Å². The Bertz CT molecular complexity index is 637. The van der Waals surface area contributed by atoms with Crippen molar-refractivity contribution >= 4 is 23.8 Å². The molecule has 0 bridgehead atoms. The van der Waals surface area contributed by atoms with Crippen LogP contribution in [-0.4, -0.2) is 56.6 Å². The summed E-state index contributed by atoms with van der Waals surface area (Å²) in [5.41, 5.74) is 0.110. The molecule has 0 spiro atoms. The molecule has 1 amide bonds. The van der Waals surface area contributed by atoms with Gasteiger partial charge in [0.05, 0.1) is 11.5 Å². The van der Waals surface area contributed by atoms with Crippen molar-refractivity contribution in [1.82, 2.24) is 4.90 Å². The average Bonchev–Trinajstić information content (AvgIpc) is 2.92. The Kier molecular flexibility index (Phi) is 4.11. The van der Waals surface area contributed by atoms with Crippen LogP contribution < -0.4 is 0 Å². The monoisotopic (exact) mass is 307 g/mol. The Labute approximate surface area is 124 Å². The summed E-state index contributed by atoms with van der Waals surface area (Å²) >= 11 is 0. The fourth-order valence-corrected chi connectivity index (χ4v) is 2.39. The van der Waals surface area contributed by atoms with Gasteiger partial charge in [-0.15, -0.1) is 0 Å². The third-order valence-electron chi connectivity index (χ3n) is 3.58. The summed E-state index contributed by atoms with van der Waals surface area (Å²) in [7, 11) is 0. The molecular weight excluding hydrogens is 294 g/mol. The highest BCUT2D eigenvalue weighted by atomic mass is 16.4. The van der Waals surface area contributed by atoms with Crippen molar-refractivity contribution in [3.05, 3.63) is 35.4 Å². The smallest absolute Gasteiger partial charge is 0.335 e. The maximum atomic E-state index is 12.3. The number of benzene rings is 1. The number of amides is 1. The Morgan fingerprint density at radius 1 is 0.909 bits per heavy atom. The number of nitrogens with zero attached hydrogens (tertiary/aromatic N) is 1. The molecule has 1 aromatic carbocycles. The minimum atomic E-state index is -1.26. The van der Waals surface area contributed by atoms with Gasteiger partial charge in [-0.3, -0.25) is 9.59 Å². The molecule has 22 heavy (non-hydrogen) atoms. The minimum Gasteiger partial charge on any atom is -0.481 e. The predicted octanol–water partition coefficient (Wildman–Crippen LogP) is 0.385. The zero-order chi connectivity index (χ0) is 16.4. The average molecular weight is 307 g/mol. The van der Waals surface area contributed by atoms with Crippen LogP contribution in [0.15, 0.2) is 24.3 Å². The van der Waals surface area contributed by atoms with Gasteiger partial charge in [-0.2, -0.15) is 0 Å². The van der Waals surface area contributed by atoms with Crippen LogP contribution >= 0.6 is 0 Å². The summed E-state index contributed by atoms with van der Waals surface area (Å²) in [6.45, 7) is -0.189. The second kappa shape index (κ2) is 5.84. The first kappa shape index (κ1) is 15.5. The fourth-order valence-electron chi connectivity index (χ4n) is 2.39. The predicted molar refractivity (Wildman–Crippen MR) is 71.6 cm³/mol. The van der Waals surface area contributed by atoms with E-state index < -0.39 is 35.8 Å². The molecule has 2 unspecified atom stereocenters. The van der Waals surface area contributed by atoms with Crippen LogP contribution in [0, 0.1) is 5.92 Å². The molecule has 1 heterocycles. The van der Waals surface area contributed by atoms with Crippen molar-refractivity contribution in [3.63, 3.8) is 0 Å². The van der Waals surface area contributed by atoms with E-state index in [1.165, 1.54) is 24.3 Å². The molecule has 8 nitrogen and oxygen atoms in total. The maximum absolute atomic E-state index is 12.3. The van der Waals surface area contributed by atoms with Crippen molar-refractivity contribution in [2.75, 3.05) is 6.54 Å². The van der Waals surface area contributed by atoms with Crippen molar-refractivity contribution < 1.29 is 34.5 Å². The summed E-state index contributed by atoms with van der Waals surface area (Å²) in [5, 5.41) is 26.9. The Hall–Kier alpha value is -2.90. The highest BCUT2D eigenvalue weighted by molar-refractivity contribution is 5.98. The van der Waals surface area contributed by atoms with E-state index in [1.807, 2.05) is 0 Å². The van der Waals surface area contributed by atoms with Crippen LogP contribution in [0.4, 0.5) is 0 Å². The van der Waals surface area contributed by atoms with E-state index in [0.717, 1.165) is 4.90 Å². The third-order valence-corrected chi connectivity index (χ3v) is 3.58. The van der Waals surface area contributed by atoms with Gasteiger partial charge in [0.1, 0.15) is 6.04 Å². The van der Waals surface area contributed by atoms with E-state index in [-0.39, 0.29) is 24.1 Å². The number of carbonyl (C=O) groups is 4. The standard InChI is InChI=1S/C14H13NO7/c16-11(7-1-3-8(4-2-7)12(17)18)15-6-9(13(19)20)5-10(15)14(21)22/h1-4,9-10H,5-6H2,(H,17,18)(H,19,20)(H,21,22). The zero-order valence-electron chi connectivity index (χ0n) is 11.3. The Morgan fingerprint density at radius 3 is 1.91 bits per heavy atom. The van der Waals surface area contributed by atoms with Gasteiger partial charge in [0, 0.05) is 12.1 Å². The second-order valence-corrected chi connectivity index (χ2v) is 4.96. The molecule has 3 N–H and O–H groups in total. The summed E-state index contributed by atoms with van der Waals surface area (Å²) < 4.78 is 0. The first-order chi connectivity index (χ1) is 10.3. The lowest BCUT2D eigenvalue weighted by Gasteiger charge is -2.21. The summed E-state index contributed by atoms with van der Waals surface area (Å²) in [5.74, 6) is -5.12. The van der Waals surface area contributed by atoms with Crippen molar-refractivity contribution in [3.8, 4) is 0 Å². The lowest BCUT2D eigenvalue weighted by atomic mass is 10.1. The van der Waals surface area contributed by atoms with Crippen LogP contribution in [0.1, 0.15) is 27.1 Å². The normalized spacial score (nSPS) is 20.6. The molecule has 1 aliphatic heterocycles. The van der Waals surface area contributed by atoms with E-state index >= 15 is 0 Å². The third kappa shape index (κ3) is 2.90. The molecule has 0 aliphatic carbocycles. The zero-order valence-corrected chi connectivity index (χ0v) is 11.3. The van der Waals surface area contributed by atoms with Gasteiger partial charge in [0.15, 0.2) is 0 Å². The first-order valence-corrected chi connectivity index (χ1v) is 6.41. The lowest BCUT2D eigenvalue weighted by molar-refractivity contribution is -0.141. The lowest BCUT2D eigenvalue weighted by Crippen LogP contribution is -2.40. The largest absolute Gasteiger partial charge is 0.481 e. The molecule has 1 aromatic rings. The van der Waals surface area contributed by atoms with Crippen LogP contribution in [0.25, 0.3) is 0 Å². The summed E-state index contributed by atoms with van der Waals surface area (Å²) in [4.78, 5) is 46.3. The molecular formula is C14H13NO7. The molecule has 116 valence electrons. The number of hydrogen-bond acceptors (Lipinski definition) is 4. The van der Waals surface area contributed by atoms with Crippen molar-refractivity contribution in [2.45, 2.75) is 12.5 Å². The molecule has 2 atom stereocenters. The maximum Gasteiger partial charge on any atom is 0.335 e. The Balaban J connectivity index is 2.24. The highest BCUT2D eigenvalue weighted by Gasteiger charge is 2.42. The minimum absolute atomic E-state index is 0.00355. The van der Waals surface area contributed by atoms with E-state index in [2.05, 4.69) is 0 Å². The summed E-state index contributed by atoms with van der Waals surface area (Å²) in [6.07, 6.45) is -0.149. The number of likely N-dealkylation sites (tertiary alicyclic amines) is 1. The fraction of sp³-hybridized carbons (Fsp3) is 0.286. The van der Waals surface area contributed by atoms with E-state index in [4.69, 9.17) is 15.3 Å². The molecule has 1 aliphatic rings. The van der Waals surface area contributed by atoms with Crippen molar-refractivity contribution in [2.24, 2.45) is 5.92 Å². The van der Waals surface area contributed by atoms with Crippen LogP contribution in [-0.2, 0) is 9.59 Å². The SMILES string of the molecule is O=C(O)c1ccc(C(=O)N2CC(C(=O)O)CC2C(=O)O)cc1. The van der Waals surface area contributed by atoms with Crippen LogP contribution in [0.3, 0.4) is 0 Å². The van der Waals surface area contributed by atoms with Gasteiger partial charge in [0.25, 0.3) is 5.91 Å². The molecule has 1 saturated heterocycles. The number of hydrogen-bond donors (Lipinski definition) is 3. The van der Waals surface area contributed by atoms with Gasteiger partial charge < -0.3 is 20.2 Å². The van der Waals surface area contributed by atoms with Gasteiger partial charge in [0.2, 0.25) is 0 Å². The molecule has 8 heteroatoms. The van der Waals surface area contributed by atoms with E-state index in [0.29, 0.717) is 0 Å². The second-order valence-electron chi connectivity index (χ2n) is 4.96. The van der Waals surface area contributed by atoms with Crippen LogP contribution in [0.2, 0.25) is 0 Å². The number of carbonyl (C=O) groups excluding carboxylic acids is 1. The van der Waals surface area contributed by atoms with E-state index in [1.54, 1.807) is 0 Å². The number of rotatable bonds is 4. The Morgan fingerprint density at radius 2 is 1.45 bits per heavy atom. The summed E-state index contributed by atoms with van der Waals surface area (Å²) in [6, 6.07) is 3.82.